The Kier molecular flexibility index (Phi) is 5.58. The molecule has 1 saturated heterocycles. The van der Waals surface area contributed by atoms with Gasteiger partial charge in [-0.1, -0.05) is 23.8 Å². The Morgan fingerprint density at radius 2 is 1.88 bits per heavy atom. The molecule has 10 heteroatoms. The maximum Gasteiger partial charge on any atom is 0.250 e. The van der Waals surface area contributed by atoms with E-state index >= 15 is 0 Å². The summed E-state index contributed by atoms with van der Waals surface area (Å²) in [7, 11) is -3.52. The summed E-state index contributed by atoms with van der Waals surface area (Å²) in [5, 5.41) is 3.15. The van der Waals surface area contributed by atoms with Gasteiger partial charge < -0.3 is 9.47 Å². The van der Waals surface area contributed by atoms with Crippen molar-refractivity contribution in [1.82, 2.24) is 9.29 Å². The number of fused-ring (bicyclic) bond motifs is 2. The van der Waals surface area contributed by atoms with Crippen molar-refractivity contribution >= 4 is 48.7 Å². The second-order valence-corrected chi connectivity index (χ2v) is 10.5. The molecule has 0 atom stereocenters. The number of nitrogens with zero attached hydrogens (tertiary/aromatic N) is 2. The first-order valence-electron chi connectivity index (χ1n) is 10.3. The molecule has 2 aliphatic heterocycles. The van der Waals surface area contributed by atoms with Crippen LogP contribution in [0.25, 0.3) is 16.3 Å². The summed E-state index contributed by atoms with van der Waals surface area (Å²) in [5.41, 5.74) is 1.45. The van der Waals surface area contributed by atoms with Crippen molar-refractivity contribution in [2.75, 3.05) is 25.2 Å². The molecule has 1 fully saturated rings. The Morgan fingerprint density at radius 3 is 2.72 bits per heavy atom. The number of thiazole rings is 1. The highest BCUT2D eigenvalue weighted by Gasteiger charge is 2.26. The number of nitrogens with one attached hydrogen (secondary N) is 1. The Morgan fingerprint density at radius 1 is 1.06 bits per heavy atom. The van der Waals surface area contributed by atoms with Crippen LogP contribution in [0.4, 0.5) is 5.13 Å². The lowest BCUT2D eigenvalue weighted by molar-refractivity contribution is -0.111. The van der Waals surface area contributed by atoms with E-state index in [0.29, 0.717) is 39.9 Å². The van der Waals surface area contributed by atoms with E-state index in [9.17, 15) is 13.2 Å². The molecule has 0 unspecified atom stereocenters. The van der Waals surface area contributed by atoms with Gasteiger partial charge in [0.05, 0.1) is 15.1 Å². The van der Waals surface area contributed by atoms with Crippen LogP contribution in [-0.2, 0) is 14.8 Å². The van der Waals surface area contributed by atoms with E-state index in [-0.39, 0.29) is 17.6 Å². The molecule has 0 bridgehead atoms. The van der Waals surface area contributed by atoms with Crippen LogP contribution in [-0.4, -0.2) is 43.5 Å². The van der Waals surface area contributed by atoms with Crippen molar-refractivity contribution in [3.63, 3.8) is 0 Å². The molecule has 0 saturated carbocycles. The number of aromatic nitrogens is 1. The third kappa shape index (κ3) is 4.21. The lowest BCUT2D eigenvalue weighted by atomic mass is 10.2. The van der Waals surface area contributed by atoms with Gasteiger partial charge in [0.15, 0.2) is 16.6 Å². The number of sulfonamides is 1. The molecular weight excluding hydrogens is 450 g/mol. The minimum absolute atomic E-state index is 0.196. The standard InChI is InChI=1S/C22H21N3O5S2/c26-21(9-5-15-4-8-18-19(12-15)30-14-29-18)24-22-23-17-7-6-16(13-20(17)31-22)32(27,28)25-10-2-1-3-11-25/h4-9,12-13H,1-3,10-11,14H2,(H,23,24,26)/b9-5+. The van der Waals surface area contributed by atoms with Crippen LogP contribution < -0.4 is 14.8 Å². The van der Waals surface area contributed by atoms with Crippen molar-refractivity contribution in [1.29, 1.82) is 0 Å². The summed E-state index contributed by atoms with van der Waals surface area (Å²) in [5.74, 6) is 1.000. The van der Waals surface area contributed by atoms with Crippen LogP contribution in [0.3, 0.4) is 0 Å². The zero-order chi connectivity index (χ0) is 22.1. The first kappa shape index (κ1) is 20.9. The number of carbonyl (C=O) groups excluding carboxylic acids is 1. The van der Waals surface area contributed by atoms with Crippen molar-refractivity contribution in [2.24, 2.45) is 0 Å². The highest BCUT2D eigenvalue weighted by atomic mass is 32.2. The number of anilines is 1. The van der Waals surface area contributed by atoms with Crippen LogP contribution in [0.15, 0.2) is 47.4 Å². The zero-order valence-electron chi connectivity index (χ0n) is 17.1. The van der Waals surface area contributed by atoms with E-state index in [0.717, 1.165) is 24.8 Å². The number of piperidine rings is 1. The smallest absolute Gasteiger partial charge is 0.250 e. The predicted molar refractivity (Wildman–Crippen MR) is 122 cm³/mol. The first-order chi connectivity index (χ1) is 15.5. The van der Waals surface area contributed by atoms with Gasteiger partial charge >= 0.3 is 0 Å². The van der Waals surface area contributed by atoms with Gasteiger partial charge in [-0.2, -0.15) is 4.31 Å². The first-order valence-corrected chi connectivity index (χ1v) is 12.5. The van der Waals surface area contributed by atoms with Gasteiger partial charge in [0.1, 0.15) is 0 Å². The summed E-state index contributed by atoms with van der Waals surface area (Å²) < 4.78 is 38.7. The number of hydrogen-bond acceptors (Lipinski definition) is 7. The molecule has 5 rings (SSSR count). The highest BCUT2D eigenvalue weighted by Crippen LogP contribution is 2.33. The molecule has 166 valence electrons. The summed E-state index contributed by atoms with van der Waals surface area (Å²) >= 11 is 1.24. The van der Waals surface area contributed by atoms with E-state index in [1.165, 1.54) is 17.4 Å². The number of rotatable bonds is 5. The lowest BCUT2D eigenvalue weighted by Gasteiger charge is -2.25. The van der Waals surface area contributed by atoms with Gasteiger partial charge in [0, 0.05) is 19.2 Å². The van der Waals surface area contributed by atoms with Crippen molar-refractivity contribution < 1.29 is 22.7 Å². The largest absolute Gasteiger partial charge is 0.454 e. The van der Waals surface area contributed by atoms with Crippen molar-refractivity contribution in [3.8, 4) is 11.5 Å². The Bertz CT molecular complexity index is 1310. The minimum Gasteiger partial charge on any atom is -0.454 e. The van der Waals surface area contributed by atoms with Gasteiger partial charge in [-0.05, 0) is 54.8 Å². The molecule has 32 heavy (non-hydrogen) atoms. The van der Waals surface area contributed by atoms with E-state index in [1.807, 2.05) is 6.07 Å². The Hall–Kier alpha value is -2.95. The van der Waals surface area contributed by atoms with Crippen molar-refractivity contribution in [2.45, 2.75) is 24.2 Å². The molecule has 2 aromatic carbocycles. The fraction of sp³-hybridized carbons (Fsp3) is 0.273. The lowest BCUT2D eigenvalue weighted by Crippen LogP contribution is -2.35. The SMILES string of the molecule is O=C(/C=C/c1ccc2c(c1)OCO2)Nc1nc2ccc(S(=O)(=O)N3CCCCC3)cc2s1. The highest BCUT2D eigenvalue weighted by molar-refractivity contribution is 7.89. The average molecular weight is 472 g/mol. The quantitative estimate of drug-likeness (QED) is 0.568. The fourth-order valence-electron chi connectivity index (χ4n) is 3.71. The molecule has 3 heterocycles. The fourth-order valence-corrected chi connectivity index (χ4v) is 6.24. The van der Waals surface area contributed by atoms with Crippen LogP contribution in [0.5, 0.6) is 11.5 Å². The summed E-state index contributed by atoms with van der Waals surface area (Å²) in [6.07, 6.45) is 5.92. The minimum atomic E-state index is -3.52. The average Bonchev–Trinajstić information content (AvgIpc) is 3.43. The zero-order valence-corrected chi connectivity index (χ0v) is 18.7. The molecule has 0 radical (unpaired) electrons. The van der Waals surface area contributed by atoms with Gasteiger partial charge in [-0.15, -0.1) is 0 Å². The molecule has 1 amide bonds. The van der Waals surface area contributed by atoms with E-state index in [1.54, 1.807) is 40.7 Å². The van der Waals surface area contributed by atoms with Crippen LogP contribution in [0.1, 0.15) is 24.8 Å². The summed E-state index contributed by atoms with van der Waals surface area (Å²) in [6.45, 7) is 1.31. The maximum absolute atomic E-state index is 12.9. The molecule has 2 aliphatic rings. The molecule has 8 nitrogen and oxygen atoms in total. The number of amides is 1. The number of carbonyl (C=O) groups is 1. The van der Waals surface area contributed by atoms with Gasteiger partial charge in [-0.25, -0.2) is 13.4 Å². The third-order valence-corrected chi connectivity index (χ3v) is 8.19. The van der Waals surface area contributed by atoms with E-state index in [2.05, 4.69) is 10.3 Å². The monoisotopic (exact) mass is 471 g/mol. The van der Waals surface area contributed by atoms with Crippen LogP contribution in [0.2, 0.25) is 0 Å². The molecule has 1 aromatic heterocycles. The Labute approximate surface area is 189 Å². The number of ether oxygens (including phenoxy) is 2. The second kappa shape index (κ2) is 8.53. The summed E-state index contributed by atoms with van der Waals surface area (Å²) in [6, 6.07) is 10.3. The molecular formula is C22H21N3O5S2. The molecule has 0 aliphatic carbocycles. The third-order valence-electron chi connectivity index (χ3n) is 5.37. The second-order valence-electron chi connectivity index (χ2n) is 7.55. The molecule has 0 spiro atoms. The summed E-state index contributed by atoms with van der Waals surface area (Å²) in [4.78, 5) is 17.0. The normalized spacial score (nSPS) is 16.6. The molecule has 3 aromatic rings. The van der Waals surface area contributed by atoms with E-state index in [4.69, 9.17) is 9.47 Å². The number of hydrogen-bond donors (Lipinski definition) is 1. The van der Waals surface area contributed by atoms with Gasteiger partial charge in [-0.3, -0.25) is 10.1 Å². The van der Waals surface area contributed by atoms with E-state index < -0.39 is 10.0 Å². The predicted octanol–water partition coefficient (Wildman–Crippen LogP) is 3.85. The van der Waals surface area contributed by atoms with Crippen molar-refractivity contribution in [3.05, 3.63) is 48.0 Å². The molecule has 1 N–H and O–H groups in total. The van der Waals surface area contributed by atoms with Crippen LogP contribution >= 0.6 is 11.3 Å². The maximum atomic E-state index is 12.9. The Balaban J connectivity index is 1.30. The van der Waals surface area contributed by atoms with Crippen LogP contribution in [0, 0.1) is 0 Å². The topological polar surface area (TPSA) is 97.8 Å². The van der Waals surface area contributed by atoms with Gasteiger partial charge in [0.25, 0.3) is 0 Å². The van der Waals surface area contributed by atoms with Gasteiger partial charge in [0.2, 0.25) is 22.7 Å². The number of benzene rings is 2.